The Kier molecular flexibility index (Phi) is 6.95. The summed E-state index contributed by atoms with van der Waals surface area (Å²) < 4.78 is 23.9. The van der Waals surface area contributed by atoms with Crippen LogP contribution in [0.2, 0.25) is 4.34 Å². The quantitative estimate of drug-likeness (QED) is 0.352. The lowest BCUT2D eigenvalue weighted by atomic mass is 9.91. The Hall–Kier alpha value is -2.77. The van der Waals surface area contributed by atoms with Gasteiger partial charge in [0.15, 0.2) is 0 Å². The summed E-state index contributed by atoms with van der Waals surface area (Å²) in [6.07, 6.45) is -0.244. The second kappa shape index (κ2) is 9.62. The number of ketones is 1. The highest BCUT2D eigenvalue weighted by Crippen LogP contribution is 2.34. The van der Waals surface area contributed by atoms with E-state index in [-0.39, 0.29) is 24.4 Å². The van der Waals surface area contributed by atoms with Gasteiger partial charge in [0, 0.05) is 18.4 Å². The summed E-state index contributed by atoms with van der Waals surface area (Å²) in [6.45, 7) is 0. The summed E-state index contributed by atoms with van der Waals surface area (Å²) in [5.74, 6) is -0.867. The Morgan fingerprint density at radius 3 is 2.62 bits per heavy atom. The van der Waals surface area contributed by atoms with Crippen LogP contribution in [-0.4, -0.2) is 23.8 Å². The molecule has 2 heterocycles. The normalized spacial score (nSPS) is 11.7. The number of esters is 1. The molecular weight excluding hydrogens is 417 g/mol. The van der Waals surface area contributed by atoms with E-state index in [2.05, 4.69) is 9.72 Å². The minimum Gasteiger partial charge on any atom is -0.469 e. The third kappa shape index (κ3) is 5.85. The Labute approximate surface area is 176 Å². The van der Waals surface area contributed by atoms with E-state index in [4.69, 9.17) is 16.3 Å². The molecule has 1 unspecified atom stereocenters. The number of benzene rings is 1. The number of hydrogen-bond acceptors (Lipinski definition) is 6. The molecule has 0 amide bonds. The second-order valence-corrected chi connectivity index (χ2v) is 7.73. The van der Waals surface area contributed by atoms with Gasteiger partial charge in [-0.3, -0.25) is 9.59 Å². The molecule has 1 atom stereocenters. The second-order valence-electron chi connectivity index (χ2n) is 6.19. The molecule has 0 saturated carbocycles. The Bertz CT molecular complexity index is 1010. The van der Waals surface area contributed by atoms with Crippen LogP contribution in [-0.2, 0) is 14.3 Å². The zero-order valence-electron chi connectivity index (χ0n) is 15.4. The topological polar surface area (TPSA) is 65.5 Å². The number of Topliss-reactive ketones (excluding diaryl/α,β-unsaturated/α-hetero) is 1. The van der Waals surface area contributed by atoms with Crippen LogP contribution in [0.4, 0.5) is 4.39 Å². The van der Waals surface area contributed by atoms with Gasteiger partial charge in [-0.25, -0.2) is 9.37 Å². The van der Waals surface area contributed by atoms with E-state index in [9.17, 15) is 14.0 Å². The number of thiophene rings is 1. The van der Waals surface area contributed by atoms with Gasteiger partial charge in [0.1, 0.15) is 23.8 Å². The highest BCUT2D eigenvalue weighted by atomic mass is 35.5. The molecule has 5 nitrogen and oxygen atoms in total. The van der Waals surface area contributed by atoms with E-state index >= 15 is 0 Å². The Balaban J connectivity index is 1.86. The van der Waals surface area contributed by atoms with Gasteiger partial charge in [-0.05, 0) is 47.3 Å². The van der Waals surface area contributed by atoms with E-state index < -0.39 is 11.9 Å². The van der Waals surface area contributed by atoms with Crippen molar-refractivity contribution in [3.05, 3.63) is 75.3 Å². The van der Waals surface area contributed by atoms with Gasteiger partial charge >= 0.3 is 5.97 Å². The molecule has 8 heteroatoms. The maximum Gasteiger partial charge on any atom is 0.313 e. The SMILES string of the molecule is COC(=O)CC(=O)CC(c1csc(Cl)c1)c1cccc(Oc2ccc(F)cc2)n1. The molecule has 0 aliphatic carbocycles. The standard InChI is InChI=1S/C21H17ClFNO4S/c1-27-21(26)11-15(25)10-17(13-9-19(22)29-12-13)18-3-2-4-20(24-18)28-16-7-5-14(23)6-8-16/h2-9,12,17H,10-11H2,1H3. The minimum atomic E-state index is -0.585. The number of carbonyl (C=O) groups excluding carboxylic acids is 2. The number of halogens is 2. The van der Waals surface area contributed by atoms with Crippen LogP contribution in [0.15, 0.2) is 53.9 Å². The van der Waals surface area contributed by atoms with Crippen LogP contribution >= 0.6 is 22.9 Å². The summed E-state index contributed by atoms with van der Waals surface area (Å²) in [5.41, 5.74) is 1.42. The average Bonchev–Trinajstić information content (AvgIpc) is 3.14. The molecule has 2 aromatic heterocycles. The molecule has 0 aliphatic rings. The monoisotopic (exact) mass is 433 g/mol. The number of nitrogens with zero attached hydrogens (tertiary/aromatic N) is 1. The van der Waals surface area contributed by atoms with Crippen LogP contribution in [0.5, 0.6) is 11.6 Å². The van der Waals surface area contributed by atoms with E-state index in [0.29, 0.717) is 21.7 Å². The zero-order chi connectivity index (χ0) is 20.8. The number of methoxy groups -OCH3 is 1. The number of ether oxygens (including phenoxy) is 2. The summed E-state index contributed by atoms with van der Waals surface area (Å²) in [4.78, 5) is 28.3. The van der Waals surface area contributed by atoms with Crippen molar-refractivity contribution in [2.24, 2.45) is 0 Å². The fourth-order valence-corrected chi connectivity index (χ4v) is 3.68. The third-order valence-electron chi connectivity index (χ3n) is 4.13. The minimum absolute atomic E-state index is 0.0646. The van der Waals surface area contributed by atoms with Crippen molar-refractivity contribution in [2.75, 3.05) is 7.11 Å². The maximum absolute atomic E-state index is 13.1. The fourth-order valence-electron chi connectivity index (χ4n) is 2.74. The first kappa shape index (κ1) is 21.0. The summed E-state index contributed by atoms with van der Waals surface area (Å²) in [5, 5.41) is 1.85. The van der Waals surface area contributed by atoms with Crippen LogP contribution in [0.3, 0.4) is 0 Å². The number of carbonyl (C=O) groups is 2. The first-order valence-corrected chi connectivity index (χ1v) is 9.93. The van der Waals surface area contributed by atoms with Crippen molar-refractivity contribution in [1.29, 1.82) is 0 Å². The maximum atomic E-state index is 13.1. The molecule has 3 aromatic rings. The third-order valence-corrected chi connectivity index (χ3v) is 5.24. The van der Waals surface area contributed by atoms with Gasteiger partial charge in [0.05, 0.1) is 17.1 Å². The van der Waals surface area contributed by atoms with Crippen molar-refractivity contribution in [1.82, 2.24) is 4.98 Å². The predicted octanol–water partition coefficient (Wildman–Crippen LogP) is 5.38. The summed E-state index contributed by atoms with van der Waals surface area (Å²) in [6, 6.07) is 12.6. The van der Waals surface area contributed by atoms with E-state index in [0.717, 1.165) is 5.56 Å². The van der Waals surface area contributed by atoms with Crippen molar-refractivity contribution in [3.8, 4) is 11.6 Å². The van der Waals surface area contributed by atoms with E-state index in [1.54, 1.807) is 24.3 Å². The fraction of sp³-hybridized carbons (Fsp3) is 0.190. The molecule has 0 aliphatic heterocycles. The van der Waals surface area contributed by atoms with Crippen LogP contribution in [0, 0.1) is 5.82 Å². The molecule has 29 heavy (non-hydrogen) atoms. The number of pyridine rings is 1. The Morgan fingerprint density at radius 2 is 1.97 bits per heavy atom. The zero-order valence-corrected chi connectivity index (χ0v) is 17.0. The van der Waals surface area contributed by atoms with Crippen molar-refractivity contribution >= 4 is 34.7 Å². The molecule has 0 spiro atoms. The van der Waals surface area contributed by atoms with E-state index in [1.165, 1.54) is 42.7 Å². The largest absolute Gasteiger partial charge is 0.469 e. The van der Waals surface area contributed by atoms with Crippen LogP contribution in [0.1, 0.15) is 30.0 Å². The van der Waals surface area contributed by atoms with Gasteiger partial charge < -0.3 is 9.47 Å². The smallest absolute Gasteiger partial charge is 0.313 e. The van der Waals surface area contributed by atoms with Gasteiger partial charge in [-0.1, -0.05) is 17.7 Å². The van der Waals surface area contributed by atoms with Crippen LogP contribution in [0.25, 0.3) is 0 Å². The highest BCUT2D eigenvalue weighted by Gasteiger charge is 2.23. The molecule has 0 bridgehead atoms. The predicted molar refractivity (Wildman–Crippen MR) is 108 cm³/mol. The highest BCUT2D eigenvalue weighted by molar-refractivity contribution is 7.14. The molecule has 0 saturated heterocycles. The summed E-state index contributed by atoms with van der Waals surface area (Å²) in [7, 11) is 1.24. The molecule has 1 aromatic carbocycles. The number of aromatic nitrogens is 1. The lowest BCUT2D eigenvalue weighted by Gasteiger charge is -2.16. The van der Waals surface area contributed by atoms with Crippen molar-refractivity contribution < 1.29 is 23.5 Å². The van der Waals surface area contributed by atoms with Crippen LogP contribution < -0.4 is 4.74 Å². The van der Waals surface area contributed by atoms with Crippen molar-refractivity contribution in [3.63, 3.8) is 0 Å². The molecule has 0 fully saturated rings. The molecule has 150 valence electrons. The number of rotatable bonds is 8. The lowest BCUT2D eigenvalue weighted by molar-refractivity contribution is -0.143. The molecule has 3 rings (SSSR count). The van der Waals surface area contributed by atoms with Crippen molar-refractivity contribution in [2.45, 2.75) is 18.8 Å². The first-order valence-electron chi connectivity index (χ1n) is 8.67. The number of hydrogen-bond donors (Lipinski definition) is 0. The van der Waals surface area contributed by atoms with E-state index in [1.807, 2.05) is 5.38 Å². The Morgan fingerprint density at radius 1 is 1.21 bits per heavy atom. The molecule has 0 radical (unpaired) electrons. The van der Waals surface area contributed by atoms with Gasteiger partial charge in [-0.15, -0.1) is 11.3 Å². The average molecular weight is 434 g/mol. The molecular formula is C21H17ClFNO4S. The lowest BCUT2D eigenvalue weighted by Crippen LogP contribution is -2.14. The summed E-state index contributed by atoms with van der Waals surface area (Å²) >= 11 is 7.42. The molecule has 0 N–H and O–H groups in total. The first-order chi connectivity index (χ1) is 13.9. The van der Waals surface area contributed by atoms with Gasteiger partial charge in [0.2, 0.25) is 5.88 Å². The van der Waals surface area contributed by atoms with Gasteiger partial charge in [0.25, 0.3) is 0 Å². The van der Waals surface area contributed by atoms with Gasteiger partial charge in [-0.2, -0.15) is 0 Å².